The molecule has 146 valence electrons. The number of sulfonamides is 1. The Morgan fingerprint density at radius 3 is 2.21 bits per heavy atom. The van der Waals surface area contributed by atoms with Gasteiger partial charge in [-0.15, -0.1) is 0 Å². The summed E-state index contributed by atoms with van der Waals surface area (Å²) in [6.07, 6.45) is 3.22. The number of aromatic nitrogens is 4. The molecular weight excluding hydrogens is 518 g/mol. The minimum Gasteiger partial charge on any atom is -0.437 e. The van der Waals surface area contributed by atoms with Gasteiger partial charge in [0.25, 0.3) is 10.0 Å². The van der Waals surface area contributed by atoms with Crippen molar-refractivity contribution in [3.8, 4) is 23.0 Å². The van der Waals surface area contributed by atoms with Crippen LogP contribution in [0.5, 0.6) is 11.9 Å². The van der Waals surface area contributed by atoms with Gasteiger partial charge in [-0.25, -0.2) is 33.5 Å². The van der Waals surface area contributed by atoms with Crippen molar-refractivity contribution in [1.29, 1.82) is 0 Å². The summed E-state index contributed by atoms with van der Waals surface area (Å²) in [7, 11) is -4.13. The lowest BCUT2D eigenvalue weighted by atomic mass is 10.1. The van der Waals surface area contributed by atoms with Crippen LogP contribution in [0.2, 0.25) is 0 Å². The number of ether oxygens (including phenoxy) is 2. The molecule has 0 fully saturated rings. The van der Waals surface area contributed by atoms with E-state index in [0.29, 0.717) is 10.0 Å². The third kappa shape index (κ3) is 5.01. The van der Waals surface area contributed by atoms with Crippen molar-refractivity contribution in [2.75, 3.05) is 0 Å². The van der Waals surface area contributed by atoms with Gasteiger partial charge in [0.05, 0.1) is 10.0 Å². The fourth-order valence-corrected chi connectivity index (χ4v) is 3.37. The van der Waals surface area contributed by atoms with Crippen molar-refractivity contribution in [1.82, 2.24) is 19.9 Å². The van der Waals surface area contributed by atoms with Gasteiger partial charge in [-0.3, -0.25) is 0 Å². The Kier molecular flexibility index (Phi) is 6.23. The molecule has 2 heterocycles. The molecule has 0 amide bonds. The molecule has 3 rings (SSSR count). The fraction of sp³-hybridized carbons (Fsp3) is 0.125. The van der Waals surface area contributed by atoms with Gasteiger partial charge in [0.1, 0.15) is 6.33 Å². The van der Waals surface area contributed by atoms with E-state index >= 15 is 0 Å². The van der Waals surface area contributed by atoms with Gasteiger partial charge >= 0.3 is 6.01 Å². The van der Waals surface area contributed by atoms with Crippen molar-refractivity contribution in [2.45, 2.75) is 18.2 Å². The SMILES string of the molecule is CC(Oc1ncc(Br)cn1)Oc1ncnc(S(N)(=O)=O)c1-c1ccc(Br)cc1. The van der Waals surface area contributed by atoms with Crippen LogP contribution in [0.1, 0.15) is 6.92 Å². The van der Waals surface area contributed by atoms with Crippen molar-refractivity contribution in [3.63, 3.8) is 0 Å². The number of rotatable bonds is 6. The Hall–Kier alpha value is -2.15. The highest BCUT2D eigenvalue weighted by atomic mass is 79.9. The number of halogens is 2. The maximum atomic E-state index is 12.0. The van der Waals surface area contributed by atoms with Gasteiger partial charge in [0.2, 0.25) is 12.2 Å². The lowest BCUT2D eigenvalue weighted by Crippen LogP contribution is -2.23. The number of hydrogen-bond acceptors (Lipinski definition) is 8. The van der Waals surface area contributed by atoms with Crippen molar-refractivity contribution >= 4 is 41.9 Å². The molecule has 0 aliphatic carbocycles. The van der Waals surface area contributed by atoms with Crippen molar-refractivity contribution in [2.24, 2.45) is 5.14 Å². The zero-order valence-electron chi connectivity index (χ0n) is 14.3. The molecule has 0 saturated heterocycles. The summed E-state index contributed by atoms with van der Waals surface area (Å²) in [6.45, 7) is 1.59. The Bertz CT molecular complexity index is 1080. The Balaban J connectivity index is 1.98. The zero-order chi connectivity index (χ0) is 20.3. The first-order valence-electron chi connectivity index (χ1n) is 7.68. The maximum absolute atomic E-state index is 12.0. The molecule has 3 aromatic rings. The van der Waals surface area contributed by atoms with E-state index in [1.54, 1.807) is 31.2 Å². The lowest BCUT2D eigenvalue weighted by Gasteiger charge is -2.17. The largest absolute Gasteiger partial charge is 0.437 e. The minimum absolute atomic E-state index is 0.00837. The second-order valence-corrected chi connectivity index (χ2v) is 8.71. The number of benzene rings is 1. The second kappa shape index (κ2) is 8.47. The second-order valence-electron chi connectivity index (χ2n) is 5.40. The first kappa shape index (κ1) is 20.6. The van der Waals surface area contributed by atoms with E-state index in [4.69, 9.17) is 14.6 Å². The van der Waals surface area contributed by atoms with E-state index in [-0.39, 0.29) is 22.5 Å². The summed E-state index contributed by atoms with van der Waals surface area (Å²) >= 11 is 6.57. The van der Waals surface area contributed by atoms with E-state index in [2.05, 4.69) is 51.8 Å². The molecule has 1 aromatic carbocycles. The molecule has 0 bridgehead atoms. The first-order valence-corrected chi connectivity index (χ1v) is 10.8. The predicted molar refractivity (Wildman–Crippen MR) is 107 cm³/mol. The average Bonchev–Trinajstić information content (AvgIpc) is 2.63. The molecular formula is C16H13Br2N5O4S. The van der Waals surface area contributed by atoms with E-state index in [1.165, 1.54) is 12.4 Å². The van der Waals surface area contributed by atoms with E-state index in [0.717, 1.165) is 10.8 Å². The molecule has 0 spiro atoms. The van der Waals surface area contributed by atoms with E-state index < -0.39 is 16.3 Å². The molecule has 1 atom stereocenters. The monoisotopic (exact) mass is 529 g/mol. The molecule has 12 heteroatoms. The van der Waals surface area contributed by atoms with Crippen LogP contribution in [-0.4, -0.2) is 34.6 Å². The Morgan fingerprint density at radius 1 is 0.964 bits per heavy atom. The van der Waals surface area contributed by atoms with Crippen LogP contribution >= 0.6 is 31.9 Å². The highest BCUT2D eigenvalue weighted by Gasteiger charge is 2.24. The number of nitrogens with zero attached hydrogens (tertiary/aromatic N) is 4. The normalized spacial score (nSPS) is 12.4. The highest BCUT2D eigenvalue weighted by Crippen LogP contribution is 2.34. The van der Waals surface area contributed by atoms with Gasteiger partial charge in [-0.2, -0.15) is 0 Å². The van der Waals surface area contributed by atoms with Crippen molar-refractivity contribution in [3.05, 3.63) is 51.9 Å². The summed E-state index contributed by atoms with van der Waals surface area (Å²) in [6, 6.07) is 6.95. The van der Waals surface area contributed by atoms with Crippen LogP contribution in [-0.2, 0) is 10.0 Å². The van der Waals surface area contributed by atoms with E-state index in [1.807, 2.05) is 0 Å². The molecule has 0 aliphatic rings. The van der Waals surface area contributed by atoms with Crippen LogP contribution in [0.15, 0.2) is 57.0 Å². The molecule has 28 heavy (non-hydrogen) atoms. The van der Waals surface area contributed by atoms with Crippen LogP contribution in [0.3, 0.4) is 0 Å². The van der Waals surface area contributed by atoms with Gasteiger partial charge in [-0.1, -0.05) is 28.1 Å². The number of hydrogen-bond donors (Lipinski definition) is 1. The molecule has 2 aromatic heterocycles. The summed E-state index contributed by atoms with van der Waals surface area (Å²) in [4.78, 5) is 15.9. The Morgan fingerprint density at radius 2 is 1.61 bits per heavy atom. The van der Waals surface area contributed by atoms with Crippen LogP contribution < -0.4 is 14.6 Å². The third-order valence-corrected chi connectivity index (χ3v) is 5.11. The molecule has 1 unspecified atom stereocenters. The number of primary sulfonamides is 1. The molecule has 9 nitrogen and oxygen atoms in total. The molecule has 0 radical (unpaired) electrons. The molecule has 0 saturated carbocycles. The van der Waals surface area contributed by atoms with Crippen LogP contribution in [0, 0.1) is 0 Å². The Labute approximate surface area is 177 Å². The number of nitrogens with two attached hydrogens (primary N) is 1. The smallest absolute Gasteiger partial charge is 0.319 e. The van der Waals surface area contributed by atoms with E-state index in [9.17, 15) is 8.42 Å². The summed E-state index contributed by atoms with van der Waals surface area (Å²) in [5.41, 5.74) is 0.639. The summed E-state index contributed by atoms with van der Waals surface area (Å²) in [5.74, 6) is -0.00837. The van der Waals surface area contributed by atoms with Gasteiger partial charge in [0.15, 0.2) is 5.03 Å². The van der Waals surface area contributed by atoms with Crippen molar-refractivity contribution < 1.29 is 17.9 Å². The minimum atomic E-state index is -4.13. The maximum Gasteiger partial charge on any atom is 0.319 e. The lowest BCUT2D eigenvalue weighted by molar-refractivity contribution is 0.0113. The molecule has 0 aliphatic heterocycles. The predicted octanol–water partition coefficient (Wildman–Crippen LogP) is 2.91. The van der Waals surface area contributed by atoms with Gasteiger partial charge in [-0.05, 0) is 33.6 Å². The fourth-order valence-electron chi connectivity index (χ4n) is 2.21. The summed E-state index contributed by atoms with van der Waals surface area (Å²) in [5, 5.41) is 4.97. The van der Waals surface area contributed by atoms with Gasteiger partial charge < -0.3 is 9.47 Å². The standard InChI is InChI=1S/C16H13Br2N5O4S/c1-9(27-16-20-6-12(18)7-21-16)26-14-13(10-2-4-11(17)5-3-10)15(23-8-22-14)28(19,24)25/h2-9H,1H3,(H2,19,24,25). The first-order chi connectivity index (χ1) is 13.2. The van der Waals surface area contributed by atoms with Crippen LogP contribution in [0.4, 0.5) is 0 Å². The quantitative estimate of drug-likeness (QED) is 0.380. The summed E-state index contributed by atoms with van der Waals surface area (Å²) < 4.78 is 36.8. The van der Waals surface area contributed by atoms with Crippen LogP contribution in [0.25, 0.3) is 11.1 Å². The topological polar surface area (TPSA) is 130 Å². The highest BCUT2D eigenvalue weighted by molar-refractivity contribution is 9.10. The average molecular weight is 531 g/mol. The zero-order valence-corrected chi connectivity index (χ0v) is 18.3. The third-order valence-electron chi connectivity index (χ3n) is 3.33. The molecule has 2 N–H and O–H groups in total. The van der Waals surface area contributed by atoms with Gasteiger partial charge in [0, 0.05) is 23.8 Å².